The lowest BCUT2D eigenvalue weighted by atomic mass is 10.2. The number of hydrogen-bond acceptors (Lipinski definition) is 5. The van der Waals surface area contributed by atoms with E-state index < -0.39 is 12.0 Å². The van der Waals surface area contributed by atoms with E-state index >= 15 is 0 Å². The van der Waals surface area contributed by atoms with Crippen molar-refractivity contribution >= 4 is 34.5 Å². The van der Waals surface area contributed by atoms with E-state index in [-0.39, 0.29) is 23.8 Å². The number of carbonyl (C=O) groups is 3. The van der Waals surface area contributed by atoms with Gasteiger partial charge in [0.25, 0.3) is 5.91 Å². The fourth-order valence-electron chi connectivity index (χ4n) is 3.08. The summed E-state index contributed by atoms with van der Waals surface area (Å²) in [6, 6.07) is 12.2. The van der Waals surface area contributed by atoms with Gasteiger partial charge in [0.15, 0.2) is 0 Å². The smallest absolute Gasteiger partial charge is 0.257 e. The molecule has 1 aromatic heterocycles. The minimum Gasteiger partial charge on any atom is -0.545 e. The zero-order valence-corrected chi connectivity index (χ0v) is 13.0. The molecule has 1 saturated heterocycles. The molecule has 3 aromatic rings. The minimum atomic E-state index is -1.31. The number of rotatable bonds is 3. The van der Waals surface area contributed by atoms with Gasteiger partial charge in [0, 0.05) is 0 Å². The number of para-hydroxylation sites is 2. The van der Waals surface area contributed by atoms with Crippen LogP contribution in [0.2, 0.25) is 0 Å². The molecule has 2 aromatic carbocycles. The van der Waals surface area contributed by atoms with E-state index in [1.54, 1.807) is 10.9 Å². The molecule has 0 unspecified atom stereocenters. The van der Waals surface area contributed by atoms with Crippen LogP contribution in [0.15, 0.2) is 54.9 Å². The van der Waals surface area contributed by atoms with Gasteiger partial charge in [0.05, 0.1) is 35.4 Å². The Morgan fingerprint density at radius 3 is 2.52 bits per heavy atom. The predicted octanol–water partition coefficient (Wildman–Crippen LogP) is 0.904. The van der Waals surface area contributed by atoms with Crippen molar-refractivity contribution in [1.82, 2.24) is 9.55 Å². The van der Waals surface area contributed by atoms with Crippen LogP contribution in [0.3, 0.4) is 0 Å². The number of hydrogen-bond donors (Lipinski definition) is 0. The van der Waals surface area contributed by atoms with Gasteiger partial charge < -0.3 is 14.5 Å². The van der Waals surface area contributed by atoms with Gasteiger partial charge in [0.2, 0.25) is 5.91 Å². The van der Waals surface area contributed by atoms with Crippen LogP contribution in [0.25, 0.3) is 11.0 Å². The molecule has 7 nitrogen and oxygen atoms in total. The second kappa shape index (κ2) is 5.55. The van der Waals surface area contributed by atoms with Gasteiger partial charge in [-0.15, -0.1) is 0 Å². The quantitative estimate of drug-likeness (QED) is 0.663. The molecule has 1 aliphatic rings. The number of aromatic nitrogens is 2. The highest BCUT2D eigenvalue weighted by molar-refractivity contribution is 6.22. The van der Waals surface area contributed by atoms with Gasteiger partial charge in [-0.1, -0.05) is 24.3 Å². The van der Waals surface area contributed by atoms with Crippen molar-refractivity contribution in [3.05, 3.63) is 60.4 Å². The molecule has 4 rings (SSSR count). The average molecular weight is 334 g/mol. The predicted molar refractivity (Wildman–Crippen MR) is 86.7 cm³/mol. The molecule has 1 aliphatic heterocycles. The average Bonchev–Trinajstić information content (AvgIpc) is 3.16. The maximum atomic E-state index is 12.8. The number of nitrogens with zero attached hydrogens (tertiary/aromatic N) is 3. The molecule has 2 amide bonds. The Kier molecular flexibility index (Phi) is 3.35. The highest BCUT2D eigenvalue weighted by Gasteiger charge is 2.41. The Bertz CT molecular complexity index is 1010. The Morgan fingerprint density at radius 1 is 1.08 bits per heavy atom. The monoisotopic (exact) mass is 334 g/mol. The minimum absolute atomic E-state index is 0.0139. The van der Waals surface area contributed by atoms with Crippen molar-refractivity contribution in [2.75, 3.05) is 4.90 Å². The first-order valence-electron chi connectivity index (χ1n) is 7.66. The molecule has 2 heterocycles. The number of carboxylic acids is 1. The summed E-state index contributed by atoms with van der Waals surface area (Å²) < 4.78 is 1.70. The third-order valence-corrected chi connectivity index (χ3v) is 4.30. The first kappa shape index (κ1) is 15.1. The van der Waals surface area contributed by atoms with Crippen molar-refractivity contribution in [1.29, 1.82) is 0 Å². The number of imidazole rings is 1. The second-order valence-electron chi connectivity index (χ2n) is 5.76. The van der Waals surface area contributed by atoms with E-state index in [9.17, 15) is 19.5 Å². The topological polar surface area (TPSA) is 95.3 Å². The molecule has 1 fully saturated rings. The van der Waals surface area contributed by atoms with E-state index in [0.717, 1.165) is 15.9 Å². The summed E-state index contributed by atoms with van der Waals surface area (Å²) in [4.78, 5) is 41.4. The second-order valence-corrected chi connectivity index (χ2v) is 5.76. The molecule has 0 radical (unpaired) electrons. The summed E-state index contributed by atoms with van der Waals surface area (Å²) in [6.07, 6.45) is 1.59. The molecule has 0 bridgehead atoms. The lowest BCUT2D eigenvalue weighted by Crippen LogP contribution is -2.31. The van der Waals surface area contributed by atoms with Crippen LogP contribution in [0, 0.1) is 0 Å². The largest absolute Gasteiger partial charge is 0.545 e. The maximum absolute atomic E-state index is 12.8. The van der Waals surface area contributed by atoms with Gasteiger partial charge in [0.1, 0.15) is 6.04 Å². The van der Waals surface area contributed by atoms with Crippen LogP contribution in [0.5, 0.6) is 0 Å². The van der Waals surface area contributed by atoms with Crippen molar-refractivity contribution in [3.63, 3.8) is 0 Å². The number of carboxylic acid groups (broad SMARTS) is 1. The first-order valence-corrected chi connectivity index (χ1v) is 7.66. The number of aromatic carboxylic acids is 1. The standard InChI is InChI=1S/C18H13N3O4/c22-16-9-15(20-10-19-13-3-1-2-4-14(13)20)17(23)21(16)12-7-5-11(6-8-12)18(24)25/h1-8,10,15H,9H2,(H,24,25)/p-1/t15-/m0/s1. The molecule has 0 aliphatic carbocycles. The SMILES string of the molecule is O=C([O-])c1ccc(N2C(=O)C[C@H](n3cnc4ccccc43)C2=O)cc1. The van der Waals surface area contributed by atoms with Crippen molar-refractivity contribution in [3.8, 4) is 0 Å². The van der Waals surface area contributed by atoms with Crippen LogP contribution < -0.4 is 10.0 Å². The number of anilines is 1. The van der Waals surface area contributed by atoms with E-state index in [2.05, 4.69) is 4.98 Å². The van der Waals surface area contributed by atoms with Gasteiger partial charge >= 0.3 is 0 Å². The number of carbonyl (C=O) groups excluding carboxylic acids is 3. The molecule has 0 saturated carbocycles. The molecule has 25 heavy (non-hydrogen) atoms. The Labute approximate surface area is 142 Å². The van der Waals surface area contributed by atoms with E-state index in [1.807, 2.05) is 24.3 Å². The number of amides is 2. The molecular weight excluding hydrogens is 322 g/mol. The van der Waals surface area contributed by atoms with Gasteiger partial charge in [-0.3, -0.25) is 9.59 Å². The van der Waals surface area contributed by atoms with Crippen LogP contribution in [-0.2, 0) is 9.59 Å². The zero-order chi connectivity index (χ0) is 17.6. The summed E-state index contributed by atoms with van der Waals surface area (Å²) in [7, 11) is 0. The van der Waals surface area contributed by atoms with E-state index in [0.29, 0.717) is 5.69 Å². The van der Waals surface area contributed by atoms with Crippen LogP contribution in [0.1, 0.15) is 22.8 Å². The van der Waals surface area contributed by atoms with Crippen molar-refractivity contribution in [2.24, 2.45) is 0 Å². The Hall–Kier alpha value is -3.48. The summed E-state index contributed by atoms with van der Waals surface area (Å²) in [5.74, 6) is -2.02. The number of benzene rings is 2. The van der Waals surface area contributed by atoms with Crippen molar-refractivity contribution < 1.29 is 19.5 Å². The summed E-state index contributed by atoms with van der Waals surface area (Å²) in [5.41, 5.74) is 1.86. The van der Waals surface area contributed by atoms with Crippen LogP contribution in [-0.4, -0.2) is 27.3 Å². The Morgan fingerprint density at radius 2 is 1.80 bits per heavy atom. The number of fused-ring (bicyclic) bond motifs is 1. The van der Waals surface area contributed by atoms with E-state index in [4.69, 9.17) is 0 Å². The molecule has 1 atom stereocenters. The zero-order valence-electron chi connectivity index (χ0n) is 13.0. The maximum Gasteiger partial charge on any atom is 0.257 e. The summed E-state index contributed by atoms with van der Waals surface area (Å²) >= 11 is 0. The normalized spacial score (nSPS) is 17.4. The highest BCUT2D eigenvalue weighted by atomic mass is 16.4. The lowest BCUT2D eigenvalue weighted by Gasteiger charge is -2.16. The van der Waals surface area contributed by atoms with Crippen LogP contribution >= 0.6 is 0 Å². The first-order chi connectivity index (χ1) is 12.1. The molecule has 0 N–H and O–H groups in total. The van der Waals surface area contributed by atoms with E-state index in [1.165, 1.54) is 24.3 Å². The lowest BCUT2D eigenvalue weighted by molar-refractivity contribution is -0.255. The summed E-state index contributed by atoms with van der Waals surface area (Å²) in [5, 5.41) is 10.8. The summed E-state index contributed by atoms with van der Waals surface area (Å²) in [6.45, 7) is 0. The molecule has 0 spiro atoms. The van der Waals surface area contributed by atoms with Crippen LogP contribution in [0.4, 0.5) is 5.69 Å². The third-order valence-electron chi connectivity index (χ3n) is 4.30. The van der Waals surface area contributed by atoms with Crippen molar-refractivity contribution in [2.45, 2.75) is 12.5 Å². The number of imide groups is 1. The third kappa shape index (κ3) is 2.37. The highest BCUT2D eigenvalue weighted by Crippen LogP contribution is 2.31. The fraction of sp³-hybridized carbons (Fsp3) is 0.111. The van der Waals surface area contributed by atoms with Gasteiger partial charge in [-0.2, -0.15) is 0 Å². The Balaban J connectivity index is 1.69. The van der Waals surface area contributed by atoms with Gasteiger partial charge in [-0.25, -0.2) is 9.88 Å². The molecule has 7 heteroatoms. The molecular formula is C18H12N3O4-. The van der Waals surface area contributed by atoms with Gasteiger partial charge in [-0.05, 0) is 29.8 Å². The fourth-order valence-corrected chi connectivity index (χ4v) is 3.08. The molecule has 124 valence electrons.